The smallest absolute Gasteiger partial charge is 0.119 e. The predicted molar refractivity (Wildman–Crippen MR) is 58.8 cm³/mol. The molecule has 1 aromatic rings. The van der Waals surface area contributed by atoms with Crippen LogP contribution in [0.15, 0.2) is 18.2 Å². The minimum atomic E-state index is -0.292. The molecule has 3 heteroatoms. The number of hydrogen-bond acceptors (Lipinski definition) is 3. The second-order valence-corrected chi connectivity index (χ2v) is 3.95. The number of benzene rings is 1. The molecule has 1 aromatic carbocycles. The maximum Gasteiger partial charge on any atom is 0.119 e. The largest absolute Gasteiger partial charge is 0.497 e. The Balaban J connectivity index is 2.44. The molecule has 0 aliphatic heterocycles. The molecule has 0 heterocycles. The molecule has 80 valence electrons. The van der Waals surface area contributed by atoms with E-state index < -0.39 is 0 Å². The molecule has 3 nitrogen and oxygen atoms in total. The zero-order chi connectivity index (χ0) is 11.5. The average molecular weight is 212 g/mol. The van der Waals surface area contributed by atoms with Crippen molar-refractivity contribution in [1.29, 1.82) is 10.5 Å². The van der Waals surface area contributed by atoms with Gasteiger partial charge in [0.2, 0.25) is 0 Å². The molecule has 0 spiro atoms. The molecule has 16 heavy (non-hydrogen) atoms. The molecular weight excluding hydrogens is 200 g/mol. The van der Waals surface area contributed by atoms with Crippen LogP contribution in [0.25, 0.3) is 0 Å². The van der Waals surface area contributed by atoms with E-state index in [-0.39, 0.29) is 11.8 Å². The number of fused-ring (bicyclic) bond motifs is 1. The molecule has 2 rings (SSSR count). The highest BCUT2D eigenvalue weighted by atomic mass is 16.5. The molecule has 1 aliphatic carbocycles. The zero-order valence-electron chi connectivity index (χ0n) is 9.10. The van der Waals surface area contributed by atoms with Crippen LogP contribution >= 0.6 is 0 Å². The van der Waals surface area contributed by atoms with Crippen molar-refractivity contribution in [3.05, 3.63) is 29.3 Å². The third-order valence-electron chi connectivity index (χ3n) is 3.12. The lowest BCUT2D eigenvalue weighted by atomic mass is 9.76. The average Bonchev–Trinajstić information content (AvgIpc) is 2.36. The van der Waals surface area contributed by atoms with E-state index in [1.165, 1.54) is 0 Å². The van der Waals surface area contributed by atoms with Crippen LogP contribution in [-0.2, 0) is 6.42 Å². The highest BCUT2D eigenvalue weighted by Gasteiger charge is 2.29. The second-order valence-electron chi connectivity index (χ2n) is 3.95. The van der Waals surface area contributed by atoms with Crippen molar-refractivity contribution in [3.63, 3.8) is 0 Å². The normalized spacial score (nSPS) is 22.7. The van der Waals surface area contributed by atoms with Crippen molar-refractivity contribution in [1.82, 2.24) is 0 Å². The highest BCUT2D eigenvalue weighted by molar-refractivity contribution is 5.43. The Labute approximate surface area is 94.9 Å². The molecule has 0 fully saturated rings. The lowest BCUT2D eigenvalue weighted by molar-refractivity contribution is 0.412. The van der Waals surface area contributed by atoms with Gasteiger partial charge in [0.1, 0.15) is 5.75 Å². The standard InChI is InChI=1S/C13H12N2O/c1-16-11-4-5-12-9(6-11)2-3-10(7-14)13(12)8-15/h4-6,10,13H,2-3H2,1H3/t10-,13+/m0/s1. The molecule has 0 radical (unpaired) electrons. The first-order chi connectivity index (χ1) is 7.80. The number of methoxy groups -OCH3 is 1. The van der Waals surface area contributed by atoms with E-state index in [1.54, 1.807) is 7.11 Å². The third-order valence-corrected chi connectivity index (χ3v) is 3.12. The van der Waals surface area contributed by atoms with Gasteiger partial charge in [-0.2, -0.15) is 10.5 Å². The molecule has 0 saturated heterocycles. The number of nitriles is 2. The van der Waals surface area contributed by atoms with E-state index in [9.17, 15) is 0 Å². The summed E-state index contributed by atoms with van der Waals surface area (Å²) in [5.41, 5.74) is 2.12. The van der Waals surface area contributed by atoms with Gasteiger partial charge in [-0.25, -0.2) is 0 Å². The summed E-state index contributed by atoms with van der Waals surface area (Å²) in [7, 11) is 1.63. The lowest BCUT2D eigenvalue weighted by Gasteiger charge is -2.24. The number of nitrogens with zero attached hydrogens (tertiary/aromatic N) is 2. The summed E-state index contributed by atoms with van der Waals surface area (Å²) in [6.07, 6.45) is 1.61. The summed E-state index contributed by atoms with van der Waals surface area (Å²) in [6.45, 7) is 0. The molecule has 0 aromatic heterocycles. The number of aryl methyl sites for hydroxylation is 1. The molecule has 0 amide bonds. The van der Waals surface area contributed by atoms with Crippen LogP contribution in [0.2, 0.25) is 0 Å². The second kappa shape index (κ2) is 4.24. The van der Waals surface area contributed by atoms with Gasteiger partial charge in [0.25, 0.3) is 0 Å². The summed E-state index contributed by atoms with van der Waals surface area (Å²) in [5.74, 6) is 0.344. The van der Waals surface area contributed by atoms with Gasteiger partial charge in [-0.1, -0.05) is 6.07 Å². The summed E-state index contributed by atoms with van der Waals surface area (Å²) in [5, 5.41) is 18.1. The van der Waals surface area contributed by atoms with E-state index in [2.05, 4.69) is 12.1 Å². The van der Waals surface area contributed by atoms with E-state index in [0.29, 0.717) is 0 Å². The summed E-state index contributed by atoms with van der Waals surface area (Å²) in [6, 6.07) is 10.2. The quantitative estimate of drug-likeness (QED) is 0.718. The van der Waals surface area contributed by atoms with Crippen molar-refractivity contribution in [3.8, 4) is 17.9 Å². The minimum absolute atomic E-state index is 0.175. The van der Waals surface area contributed by atoms with Gasteiger partial charge in [0, 0.05) is 0 Å². The Morgan fingerprint density at radius 1 is 1.31 bits per heavy atom. The molecule has 0 saturated carbocycles. The number of ether oxygens (including phenoxy) is 1. The van der Waals surface area contributed by atoms with Gasteiger partial charge in [-0.05, 0) is 36.1 Å². The van der Waals surface area contributed by atoms with Gasteiger partial charge in [-0.15, -0.1) is 0 Å². The van der Waals surface area contributed by atoms with Gasteiger partial charge < -0.3 is 4.74 Å². The topological polar surface area (TPSA) is 56.8 Å². The van der Waals surface area contributed by atoms with Crippen LogP contribution in [0.5, 0.6) is 5.75 Å². The fourth-order valence-electron chi connectivity index (χ4n) is 2.22. The van der Waals surface area contributed by atoms with E-state index >= 15 is 0 Å². The first-order valence-corrected chi connectivity index (χ1v) is 5.26. The van der Waals surface area contributed by atoms with Crippen LogP contribution < -0.4 is 4.74 Å². The van der Waals surface area contributed by atoms with Crippen LogP contribution in [0.3, 0.4) is 0 Å². The lowest BCUT2D eigenvalue weighted by Crippen LogP contribution is -2.18. The summed E-state index contributed by atoms with van der Waals surface area (Å²) in [4.78, 5) is 0. The Hall–Kier alpha value is -2.00. The predicted octanol–water partition coefficient (Wildman–Crippen LogP) is 2.39. The van der Waals surface area contributed by atoms with Crippen molar-refractivity contribution < 1.29 is 4.74 Å². The van der Waals surface area contributed by atoms with Gasteiger partial charge in [0.15, 0.2) is 0 Å². The van der Waals surface area contributed by atoms with Crippen molar-refractivity contribution in [2.24, 2.45) is 5.92 Å². The maximum absolute atomic E-state index is 9.13. The Bertz CT molecular complexity index is 482. The molecule has 0 N–H and O–H groups in total. The monoisotopic (exact) mass is 212 g/mol. The van der Waals surface area contributed by atoms with Crippen molar-refractivity contribution in [2.75, 3.05) is 7.11 Å². The molecule has 1 aliphatic rings. The number of rotatable bonds is 1. The first-order valence-electron chi connectivity index (χ1n) is 5.26. The summed E-state index contributed by atoms with van der Waals surface area (Å²) >= 11 is 0. The van der Waals surface area contributed by atoms with Crippen molar-refractivity contribution in [2.45, 2.75) is 18.8 Å². The highest BCUT2D eigenvalue weighted by Crippen LogP contribution is 2.36. The zero-order valence-corrected chi connectivity index (χ0v) is 9.10. The Morgan fingerprint density at radius 2 is 2.12 bits per heavy atom. The molecular formula is C13H12N2O. The van der Waals surface area contributed by atoms with Crippen LogP contribution in [0, 0.1) is 28.6 Å². The fraction of sp³-hybridized carbons (Fsp3) is 0.385. The van der Waals surface area contributed by atoms with Gasteiger partial charge in [-0.3, -0.25) is 0 Å². The Morgan fingerprint density at radius 3 is 2.75 bits per heavy atom. The van der Waals surface area contributed by atoms with E-state index in [0.717, 1.165) is 29.7 Å². The molecule has 0 unspecified atom stereocenters. The van der Waals surface area contributed by atoms with Crippen LogP contribution in [0.4, 0.5) is 0 Å². The van der Waals surface area contributed by atoms with Gasteiger partial charge in [0.05, 0.1) is 31.1 Å². The minimum Gasteiger partial charge on any atom is -0.497 e. The number of hydrogen-bond donors (Lipinski definition) is 0. The van der Waals surface area contributed by atoms with Crippen molar-refractivity contribution >= 4 is 0 Å². The van der Waals surface area contributed by atoms with Gasteiger partial charge >= 0.3 is 0 Å². The SMILES string of the molecule is COc1ccc2c(c1)CC[C@@H](C#N)[C@H]2C#N. The van der Waals surface area contributed by atoms with E-state index in [4.69, 9.17) is 15.3 Å². The third kappa shape index (κ3) is 1.61. The fourth-order valence-corrected chi connectivity index (χ4v) is 2.22. The molecule has 2 atom stereocenters. The first kappa shape index (κ1) is 10.5. The van der Waals surface area contributed by atoms with Crippen LogP contribution in [-0.4, -0.2) is 7.11 Å². The van der Waals surface area contributed by atoms with E-state index in [1.807, 2.05) is 18.2 Å². The maximum atomic E-state index is 9.13. The molecule has 0 bridgehead atoms. The summed E-state index contributed by atoms with van der Waals surface area (Å²) < 4.78 is 5.15. The Kier molecular flexibility index (Phi) is 2.79. The van der Waals surface area contributed by atoms with Crippen LogP contribution in [0.1, 0.15) is 23.5 Å².